The predicted molar refractivity (Wildman–Crippen MR) is 87.3 cm³/mol. The van der Waals surface area contributed by atoms with E-state index in [9.17, 15) is 39.9 Å². The summed E-state index contributed by atoms with van der Waals surface area (Å²) < 4.78 is 36.1. The van der Waals surface area contributed by atoms with Gasteiger partial charge in [-0.3, -0.25) is 9.11 Å². The molecule has 0 aliphatic carbocycles. The molecule has 0 aromatic carbocycles. The highest BCUT2D eigenvalue weighted by atomic mass is 32.3. The number of rotatable bonds is 11. The van der Waals surface area contributed by atoms with E-state index in [1.54, 1.807) is 0 Å². The van der Waals surface area contributed by atoms with Gasteiger partial charge >= 0.3 is 16.4 Å². The third-order valence-corrected chi connectivity index (χ3v) is 3.11. The summed E-state index contributed by atoms with van der Waals surface area (Å²) in [6, 6.07) is -1.65. The van der Waals surface area contributed by atoms with Crippen molar-refractivity contribution in [1.82, 2.24) is 0 Å². The number of carbonyl (C=O) groups is 3. The molecule has 0 spiro atoms. The Morgan fingerprint density at radius 3 is 1.72 bits per heavy atom. The first-order valence-corrected chi connectivity index (χ1v) is 8.77. The van der Waals surface area contributed by atoms with Crippen LogP contribution in [0.4, 0.5) is 0 Å². The first kappa shape index (κ1) is 29.6. The minimum absolute atomic E-state index is 0.0546. The number of hydrogen-bond acceptors (Lipinski definition) is 14. The van der Waals surface area contributed by atoms with E-state index in [1.165, 1.54) is 0 Å². The van der Waals surface area contributed by atoms with Crippen LogP contribution in [-0.2, 0) is 29.5 Å². The first-order valence-electron chi connectivity index (χ1n) is 7.38. The minimum Gasteiger partial charge on any atom is -0.455 e. The number of hydrogen-bond donors (Lipinski definition) is 10. The molecule has 0 radical (unpaired) electrons. The van der Waals surface area contributed by atoms with Crippen molar-refractivity contribution in [1.29, 1.82) is 0 Å². The first-order chi connectivity index (χ1) is 13.1. The molecular formula is C12H23NO15S. The second-order valence-electron chi connectivity index (χ2n) is 5.36. The van der Waals surface area contributed by atoms with E-state index < -0.39 is 71.7 Å². The lowest BCUT2D eigenvalue weighted by atomic mass is 10.0. The van der Waals surface area contributed by atoms with E-state index in [1.807, 2.05) is 0 Å². The second kappa shape index (κ2) is 13.6. The lowest BCUT2D eigenvalue weighted by Gasteiger charge is -2.30. The fourth-order valence-electron chi connectivity index (χ4n) is 1.59. The zero-order valence-corrected chi connectivity index (χ0v) is 15.3. The van der Waals surface area contributed by atoms with Crippen molar-refractivity contribution in [3.63, 3.8) is 0 Å². The molecule has 0 saturated carbocycles. The van der Waals surface area contributed by atoms with Crippen molar-refractivity contribution in [3.05, 3.63) is 0 Å². The van der Waals surface area contributed by atoms with Gasteiger partial charge in [0.1, 0.15) is 42.8 Å². The molecule has 11 N–H and O–H groups in total. The number of nitrogens with two attached hydrogens (primary N) is 1. The van der Waals surface area contributed by atoms with Crippen LogP contribution in [0, 0.1) is 0 Å². The lowest BCUT2D eigenvalue weighted by molar-refractivity contribution is -0.184. The van der Waals surface area contributed by atoms with E-state index in [4.69, 9.17) is 33.5 Å². The van der Waals surface area contributed by atoms with Gasteiger partial charge in [-0.25, -0.2) is 4.79 Å². The van der Waals surface area contributed by atoms with Crippen LogP contribution < -0.4 is 5.73 Å². The van der Waals surface area contributed by atoms with Gasteiger partial charge < -0.3 is 55.8 Å². The van der Waals surface area contributed by atoms with Gasteiger partial charge in [0.25, 0.3) is 0 Å². The van der Waals surface area contributed by atoms with Gasteiger partial charge in [0.2, 0.25) is 0 Å². The molecule has 0 fully saturated rings. The Kier molecular flexibility index (Phi) is 13.8. The van der Waals surface area contributed by atoms with Crippen LogP contribution in [0.25, 0.3) is 0 Å². The van der Waals surface area contributed by atoms with Gasteiger partial charge in [-0.05, 0) is 0 Å². The third-order valence-electron chi connectivity index (χ3n) is 3.11. The van der Waals surface area contributed by atoms with Crippen LogP contribution in [-0.4, -0.2) is 127 Å². The van der Waals surface area contributed by atoms with Crippen LogP contribution in [0.5, 0.6) is 0 Å². The Labute approximate surface area is 163 Å². The Bertz CT molecular complexity index is 604. The Morgan fingerprint density at radius 1 is 0.931 bits per heavy atom. The van der Waals surface area contributed by atoms with Gasteiger partial charge in [0, 0.05) is 0 Å². The van der Waals surface area contributed by atoms with Crippen molar-refractivity contribution < 1.29 is 72.4 Å². The number of carbonyl (C=O) groups excluding carboxylic acids is 3. The van der Waals surface area contributed by atoms with E-state index in [-0.39, 0.29) is 12.6 Å². The zero-order chi connectivity index (χ0) is 23.5. The number of aliphatic hydroxyl groups is 7. The molecule has 16 nitrogen and oxygen atoms in total. The topological polar surface area (TPSA) is 303 Å². The van der Waals surface area contributed by atoms with Crippen LogP contribution in [0.15, 0.2) is 0 Å². The molecule has 0 aliphatic rings. The fraction of sp³-hybridized carbons (Fsp3) is 0.750. The van der Waals surface area contributed by atoms with Crippen molar-refractivity contribution >= 4 is 28.9 Å². The largest absolute Gasteiger partial charge is 0.455 e. The number of aldehydes is 2. The van der Waals surface area contributed by atoms with Crippen LogP contribution in [0.2, 0.25) is 0 Å². The quantitative estimate of drug-likeness (QED) is 0.0789. The van der Waals surface area contributed by atoms with Gasteiger partial charge in [-0.15, -0.1) is 0 Å². The maximum Gasteiger partial charge on any atom is 0.394 e. The highest BCUT2D eigenvalue weighted by Gasteiger charge is 2.39. The maximum atomic E-state index is 11.7. The van der Waals surface area contributed by atoms with Crippen molar-refractivity contribution in [2.45, 2.75) is 48.8 Å². The van der Waals surface area contributed by atoms with E-state index in [0.717, 1.165) is 0 Å². The van der Waals surface area contributed by atoms with Gasteiger partial charge in [-0.2, -0.15) is 8.42 Å². The van der Waals surface area contributed by atoms with E-state index in [2.05, 4.69) is 4.74 Å². The summed E-state index contributed by atoms with van der Waals surface area (Å²) in [6.07, 6.45) is -15.0. The predicted octanol–water partition coefficient (Wildman–Crippen LogP) is -6.87. The maximum absolute atomic E-state index is 11.7. The number of esters is 1. The fourth-order valence-corrected chi connectivity index (χ4v) is 1.59. The molecule has 0 rings (SSSR count). The van der Waals surface area contributed by atoms with Crippen LogP contribution >= 0.6 is 0 Å². The summed E-state index contributed by atoms with van der Waals surface area (Å²) in [4.78, 5) is 32.7. The van der Waals surface area contributed by atoms with Gasteiger partial charge in [-0.1, -0.05) is 0 Å². The molecule has 0 unspecified atom stereocenters. The molecule has 17 heteroatoms. The molecule has 172 valence electrons. The third kappa shape index (κ3) is 11.8. The van der Waals surface area contributed by atoms with E-state index >= 15 is 0 Å². The lowest BCUT2D eigenvalue weighted by Crippen LogP contribution is -2.55. The summed E-state index contributed by atoms with van der Waals surface area (Å²) in [5.41, 5.74) is 5.29. The summed E-state index contributed by atoms with van der Waals surface area (Å²) in [5.74, 6) is -1.67. The highest BCUT2D eigenvalue weighted by Crippen LogP contribution is 2.12. The minimum atomic E-state index is -4.67. The molecule has 0 saturated heterocycles. The SMILES string of the molecule is N[C@@H](C=O)[C@@H](OC(=O)[C@@H](O)[C@@H](O)[C@H](O)[C@@H](O)C=O)[C@@H](O)[C@H](O)CO.O=S(=O)(O)O. The second-order valence-corrected chi connectivity index (χ2v) is 6.25. The summed E-state index contributed by atoms with van der Waals surface area (Å²) >= 11 is 0. The molecule has 0 amide bonds. The van der Waals surface area contributed by atoms with Gasteiger partial charge in [0.05, 0.1) is 6.61 Å². The normalized spacial score (nSPS) is 19.8. The molecule has 0 aromatic rings. The van der Waals surface area contributed by atoms with E-state index in [0.29, 0.717) is 0 Å². The average Bonchev–Trinajstić information content (AvgIpc) is 2.66. The van der Waals surface area contributed by atoms with Crippen LogP contribution in [0.3, 0.4) is 0 Å². The molecule has 0 aliphatic heterocycles. The number of aliphatic hydroxyl groups excluding tert-OH is 7. The zero-order valence-electron chi connectivity index (χ0n) is 14.4. The number of ether oxygens (including phenoxy) is 1. The van der Waals surface area contributed by atoms with Crippen LogP contribution in [0.1, 0.15) is 0 Å². The average molecular weight is 453 g/mol. The highest BCUT2D eigenvalue weighted by molar-refractivity contribution is 7.79. The standard InChI is InChI=1S/C12H21NO11.H2O4S/c13-4(1-14)11(8(20)6(18)3-16)24-12(23)10(22)9(21)7(19)5(17)2-15;1-5(2,3)4/h1-2,4-11,16-22H,3,13H2;(H2,1,2,3,4)/t4-,5-,6+,7+,8-,9-,10-,11+;/m0./s1. The van der Waals surface area contributed by atoms with Gasteiger partial charge in [0.15, 0.2) is 18.5 Å². The molecule has 8 atom stereocenters. The Morgan fingerprint density at radius 2 is 1.38 bits per heavy atom. The molecule has 0 aromatic heterocycles. The smallest absolute Gasteiger partial charge is 0.394 e. The van der Waals surface area contributed by atoms with Crippen molar-refractivity contribution in [2.24, 2.45) is 5.73 Å². The summed E-state index contributed by atoms with van der Waals surface area (Å²) in [7, 11) is -4.67. The summed E-state index contributed by atoms with van der Waals surface area (Å²) in [5, 5.41) is 65.1. The van der Waals surface area contributed by atoms with Crippen molar-refractivity contribution in [3.8, 4) is 0 Å². The summed E-state index contributed by atoms with van der Waals surface area (Å²) in [6.45, 7) is -0.962. The molecule has 29 heavy (non-hydrogen) atoms. The van der Waals surface area contributed by atoms with Crippen molar-refractivity contribution in [2.75, 3.05) is 6.61 Å². The monoisotopic (exact) mass is 453 g/mol. The molecule has 0 heterocycles. The molecule has 0 bridgehead atoms. The Balaban J connectivity index is 0. The Hall–Kier alpha value is -1.64. The molecular weight excluding hydrogens is 430 g/mol.